The van der Waals surface area contributed by atoms with E-state index >= 15 is 0 Å². The molecule has 140 valence electrons. The van der Waals surface area contributed by atoms with Crippen molar-refractivity contribution in [2.75, 3.05) is 6.61 Å². The zero-order valence-corrected chi connectivity index (χ0v) is 19.5. The van der Waals surface area contributed by atoms with Crippen LogP contribution in [0.15, 0.2) is 65.8 Å². The van der Waals surface area contributed by atoms with Crippen molar-refractivity contribution in [1.29, 1.82) is 0 Å². The zero-order chi connectivity index (χ0) is 18.6. The summed E-state index contributed by atoms with van der Waals surface area (Å²) >= 11 is 3.38. The summed E-state index contributed by atoms with van der Waals surface area (Å²) in [6.45, 7) is 2.06. The first kappa shape index (κ1) is 23.9. The Bertz CT molecular complexity index is 701. The molecule has 0 aliphatic carbocycles. The van der Waals surface area contributed by atoms with E-state index in [2.05, 4.69) is 45.4 Å². The maximum absolute atomic E-state index is 12.0. The van der Waals surface area contributed by atoms with E-state index in [1.807, 2.05) is 36.4 Å². The van der Waals surface area contributed by atoms with Crippen molar-refractivity contribution in [3.63, 3.8) is 0 Å². The third-order valence-electron chi connectivity index (χ3n) is 3.78. The molecule has 0 spiro atoms. The molecule has 0 saturated carbocycles. The van der Waals surface area contributed by atoms with E-state index in [4.69, 9.17) is 9.57 Å². The molecule has 0 heterocycles. The number of nitrogens with zero attached hydrogens (tertiary/aromatic N) is 1. The Morgan fingerprint density at radius 2 is 1.59 bits per heavy atom. The smallest absolute Gasteiger partial charge is 1.00 e. The number of halogens is 1. The Morgan fingerprint density at radius 3 is 2.19 bits per heavy atom. The first-order chi connectivity index (χ1) is 12.6. The molecule has 0 aromatic heterocycles. The summed E-state index contributed by atoms with van der Waals surface area (Å²) in [4.78, 5) is 17.2. The van der Waals surface area contributed by atoms with Gasteiger partial charge in [0.25, 0.3) is 0 Å². The van der Waals surface area contributed by atoms with Crippen molar-refractivity contribution in [2.24, 2.45) is 5.16 Å². The van der Waals surface area contributed by atoms with Crippen LogP contribution in [0.25, 0.3) is 0 Å². The van der Waals surface area contributed by atoms with Gasteiger partial charge in [-0.3, -0.25) is 0 Å². The standard InChI is InChI=1S/C21H24BrNO3.Na.H/c1-17(23-25-16-8-13-18-9-4-2-5-10-18)21(24)26-20(22)15-14-19-11-6-3-7-12-19;;/h2-7,9-12,20H,8,13-16H2,1H3;;/q;+1;-1. The number of aryl methyl sites for hydroxylation is 2. The molecular weight excluding hydrogens is 417 g/mol. The molecule has 4 nitrogen and oxygen atoms in total. The molecule has 0 aliphatic rings. The summed E-state index contributed by atoms with van der Waals surface area (Å²) in [5.41, 5.74) is 2.69. The molecule has 6 heteroatoms. The van der Waals surface area contributed by atoms with Gasteiger partial charge in [0.05, 0.1) is 0 Å². The fraction of sp³-hybridized carbons (Fsp3) is 0.333. The van der Waals surface area contributed by atoms with Crippen LogP contribution in [0.4, 0.5) is 0 Å². The second-order valence-electron chi connectivity index (χ2n) is 5.94. The number of alkyl halides is 1. The summed E-state index contributed by atoms with van der Waals surface area (Å²) in [5.74, 6) is -0.469. The van der Waals surface area contributed by atoms with Gasteiger partial charge in [-0.25, -0.2) is 4.79 Å². The van der Waals surface area contributed by atoms with Gasteiger partial charge in [-0.2, -0.15) is 0 Å². The van der Waals surface area contributed by atoms with Crippen LogP contribution in [0, 0.1) is 0 Å². The number of hydrogen-bond acceptors (Lipinski definition) is 4. The van der Waals surface area contributed by atoms with Crippen molar-refractivity contribution >= 4 is 27.6 Å². The summed E-state index contributed by atoms with van der Waals surface area (Å²) in [5, 5.41) is 3.50. The van der Waals surface area contributed by atoms with Crippen LogP contribution < -0.4 is 29.6 Å². The Morgan fingerprint density at radius 1 is 1.04 bits per heavy atom. The van der Waals surface area contributed by atoms with E-state index in [9.17, 15) is 4.79 Å². The Hall–Kier alpha value is -1.14. The first-order valence-corrected chi connectivity index (χ1v) is 9.66. The average Bonchev–Trinajstić information content (AvgIpc) is 2.67. The summed E-state index contributed by atoms with van der Waals surface area (Å²) in [6.07, 6.45) is 3.29. The Kier molecular flexibility index (Phi) is 12.3. The number of ether oxygens (including phenoxy) is 1. The van der Waals surface area contributed by atoms with E-state index in [0.717, 1.165) is 19.3 Å². The number of rotatable bonds is 10. The molecule has 2 rings (SSSR count). The molecule has 0 N–H and O–H groups in total. The zero-order valence-electron chi connectivity index (χ0n) is 16.9. The minimum Gasteiger partial charge on any atom is -1.00 e. The third kappa shape index (κ3) is 10.1. The Balaban J connectivity index is 0.00000364. The molecule has 1 atom stereocenters. The van der Waals surface area contributed by atoms with Crippen LogP contribution in [0.1, 0.15) is 32.3 Å². The third-order valence-corrected chi connectivity index (χ3v) is 4.42. The number of oxime groups is 1. The van der Waals surface area contributed by atoms with Gasteiger partial charge in [0.15, 0.2) is 10.7 Å². The molecule has 27 heavy (non-hydrogen) atoms. The topological polar surface area (TPSA) is 47.9 Å². The molecule has 0 radical (unpaired) electrons. The minimum atomic E-state index is -0.469. The molecule has 0 aliphatic heterocycles. The summed E-state index contributed by atoms with van der Waals surface area (Å²) < 4.78 is 5.33. The monoisotopic (exact) mass is 441 g/mol. The van der Waals surface area contributed by atoms with Crippen molar-refractivity contribution in [3.8, 4) is 0 Å². The fourth-order valence-corrected chi connectivity index (χ4v) is 2.75. The van der Waals surface area contributed by atoms with Crippen molar-refractivity contribution in [1.82, 2.24) is 0 Å². The maximum Gasteiger partial charge on any atom is 1.00 e. The van der Waals surface area contributed by atoms with Gasteiger partial charge in [0, 0.05) is 0 Å². The molecule has 1 unspecified atom stereocenters. The molecule has 2 aromatic carbocycles. The number of esters is 1. The molecule has 0 bridgehead atoms. The van der Waals surface area contributed by atoms with E-state index < -0.39 is 5.97 Å². The second kappa shape index (κ2) is 13.9. The SMILES string of the molecule is CC(=NOCCCc1ccccc1)C(=O)OC(Br)CCc1ccccc1.[H-].[Na+]. The van der Waals surface area contributed by atoms with E-state index in [1.54, 1.807) is 6.92 Å². The van der Waals surface area contributed by atoms with Crippen LogP contribution in [-0.2, 0) is 27.2 Å². The van der Waals surface area contributed by atoms with Gasteiger partial charge >= 0.3 is 35.5 Å². The van der Waals surface area contributed by atoms with Gasteiger partial charge in [-0.05, 0) is 59.7 Å². The van der Waals surface area contributed by atoms with Crippen molar-refractivity contribution in [3.05, 3.63) is 71.8 Å². The summed E-state index contributed by atoms with van der Waals surface area (Å²) in [7, 11) is 0. The van der Waals surface area contributed by atoms with Crippen LogP contribution >= 0.6 is 15.9 Å². The van der Waals surface area contributed by atoms with E-state index in [-0.39, 0.29) is 41.7 Å². The molecule has 0 amide bonds. The van der Waals surface area contributed by atoms with E-state index in [0.29, 0.717) is 13.0 Å². The van der Waals surface area contributed by atoms with Crippen molar-refractivity contribution in [2.45, 2.75) is 37.6 Å². The van der Waals surface area contributed by atoms with Crippen LogP contribution in [0.5, 0.6) is 0 Å². The number of carbonyl (C=O) groups is 1. The van der Waals surface area contributed by atoms with Gasteiger partial charge in [0.1, 0.15) is 6.61 Å². The first-order valence-electron chi connectivity index (χ1n) is 8.74. The van der Waals surface area contributed by atoms with Gasteiger partial charge in [-0.15, -0.1) is 0 Å². The molecular formula is C21H25BrNNaO3. The van der Waals surface area contributed by atoms with Gasteiger partial charge in [-0.1, -0.05) is 65.8 Å². The van der Waals surface area contributed by atoms with Crippen LogP contribution in [0.3, 0.4) is 0 Å². The Labute approximate surface area is 193 Å². The average molecular weight is 442 g/mol. The number of hydrogen-bond donors (Lipinski definition) is 0. The second-order valence-corrected chi connectivity index (χ2v) is 6.96. The van der Waals surface area contributed by atoms with Crippen molar-refractivity contribution < 1.29 is 45.4 Å². The van der Waals surface area contributed by atoms with E-state index in [1.165, 1.54) is 11.1 Å². The number of benzene rings is 2. The van der Waals surface area contributed by atoms with Gasteiger partial charge < -0.3 is 11.0 Å². The molecule has 2 aromatic rings. The summed E-state index contributed by atoms with van der Waals surface area (Å²) in [6, 6.07) is 20.3. The van der Waals surface area contributed by atoms with Gasteiger partial charge in [0.2, 0.25) is 0 Å². The molecule has 0 fully saturated rings. The normalized spacial score (nSPS) is 12.0. The largest absolute Gasteiger partial charge is 1.00 e. The predicted octanol–water partition coefficient (Wildman–Crippen LogP) is 2.03. The fourth-order valence-electron chi connectivity index (χ4n) is 2.35. The maximum atomic E-state index is 12.0. The predicted molar refractivity (Wildman–Crippen MR) is 109 cm³/mol. The number of carbonyl (C=O) groups excluding carboxylic acids is 1. The van der Waals surface area contributed by atoms with Crippen LogP contribution in [-0.4, -0.2) is 23.3 Å². The van der Waals surface area contributed by atoms with Crippen LogP contribution in [0.2, 0.25) is 0 Å². The quantitative estimate of drug-likeness (QED) is 0.141. The molecule has 0 saturated heterocycles. The minimum absolute atomic E-state index is 0.